The first-order valence-electron chi connectivity index (χ1n) is 17.0. The lowest BCUT2D eigenvalue weighted by Crippen LogP contribution is -1.97. The fourth-order valence-corrected chi connectivity index (χ4v) is 8.16. The van der Waals surface area contributed by atoms with Gasteiger partial charge in [0.2, 0.25) is 0 Å². The summed E-state index contributed by atoms with van der Waals surface area (Å²) >= 11 is 0. The van der Waals surface area contributed by atoms with Crippen LogP contribution in [0.2, 0.25) is 0 Å². The number of fused-ring (bicyclic) bond motifs is 10. The molecule has 3 nitrogen and oxygen atoms in total. The highest BCUT2D eigenvalue weighted by atomic mass is 14.9. The van der Waals surface area contributed by atoms with Crippen LogP contribution >= 0.6 is 0 Å². The first-order valence-corrected chi connectivity index (χ1v) is 17.0. The molecular formula is C47H27N3. The van der Waals surface area contributed by atoms with Gasteiger partial charge in [-0.1, -0.05) is 146 Å². The molecule has 0 aliphatic heterocycles. The van der Waals surface area contributed by atoms with E-state index in [0.717, 1.165) is 54.8 Å². The van der Waals surface area contributed by atoms with E-state index in [1.165, 1.54) is 43.1 Å². The Kier molecular flexibility index (Phi) is 5.67. The molecule has 50 heavy (non-hydrogen) atoms. The third kappa shape index (κ3) is 3.89. The highest BCUT2D eigenvalue weighted by Gasteiger charge is 2.20. The molecule has 0 bridgehead atoms. The Morgan fingerprint density at radius 3 is 0.900 bits per heavy atom. The predicted octanol–water partition coefficient (Wildman–Crippen LogP) is 12.4. The predicted molar refractivity (Wildman–Crippen MR) is 211 cm³/mol. The van der Waals surface area contributed by atoms with E-state index in [1.807, 2.05) is 0 Å². The van der Waals surface area contributed by atoms with Crippen molar-refractivity contribution in [1.82, 2.24) is 15.0 Å². The van der Waals surface area contributed by atoms with Gasteiger partial charge in [0.25, 0.3) is 0 Å². The molecule has 0 saturated heterocycles. The van der Waals surface area contributed by atoms with Crippen molar-refractivity contribution >= 4 is 86.7 Å². The minimum absolute atomic E-state index is 0.694. The Morgan fingerprint density at radius 1 is 0.240 bits per heavy atom. The molecule has 3 heterocycles. The van der Waals surface area contributed by atoms with Gasteiger partial charge < -0.3 is 0 Å². The Hall–Kier alpha value is -6.71. The van der Waals surface area contributed by atoms with Gasteiger partial charge in [-0.2, -0.15) is 0 Å². The van der Waals surface area contributed by atoms with Crippen LogP contribution in [0.5, 0.6) is 0 Å². The first-order chi connectivity index (χ1) is 24.8. The largest absolute Gasteiger partial charge is 0.227 e. The molecule has 0 aliphatic carbocycles. The third-order valence-corrected chi connectivity index (χ3v) is 10.4. The van der Waals surface area contributed by atoms with Gasteiger partial charge in [0.05, 0.1) is 11.4 Å². The van der Waals surface area contributed by atoms with Gasteiger partial charge in [-0.25, -0.2) is 15.0 Å². The molecular weight excluding hydrogens is 607 g/mol. The lowest BCUT2D eigenvalue weighted by molar-refractivity contribution is 1.29. The van der Waals surface area contributed by atoms with E-state index in [-0.39, 0.29) is 0 Å². The summed E-state index contributed by atoms with van der Waals surface area (Å²) in [6.07, 6.45) is 0. The standard InChI is InChI=1S/C47H27N3/c1-5-17-32-28(13-1)25-29-14-2-6-18-33(29)42(32)44-38-23-11-9-21-36(38)40-27-41-37-22-10-12-24-39(37)45(49-47(41)50-46(40)48-44)43-34-19-7-3-15-30(34)26-31-16-4-8-20-35(31)43/h1-27H. The van der Waals surface area contributed by atoms with Gasteiger partial charge in [0.15, 0.2) is 11.3 Å². The summed E-state index contributed by atoms with van der Waals surface area (Å²) in [5.41, 5.74) is 5.53. The zero-order chi connectivity index (χ0) is 32.8. The lowest BCUT2D eigenvalue weighted by atomic mass is 9.91. The number of rotatable bonds is 2. The van der Waals surface area contributed by atoms with E-state index in [1.54, 1.807) is 0 Å². The molecule has 0 saturated carbocycles. The number of nitrogens with zero attached hydrogens (tertiary/aromatic N) is 3. The zero-order valence-electron chi connectivity index (χ0n) is 26.9. The van der Waals surface area contributed by atoms with Crippen molar-refractivity contribution < 1.29 is 0 Å². The first kappa shape index (κ1) is 27.3. The van der Waals surface area contributed by atoms with Crippen molar-refractivity contribution in [3.63, 3.8) is 0 Å². The van der Waals surface area contributed by atoms with Crippen LogP contribution in [0.4, 0.5) is 0 Å². The molecule has 0 spiro atoms. The Morgan fingerprint density at radius 2 is 0.540 bits per heavy atom. The summed E-state index contributed by atoms with van der Waals surface area (Å²) in [5.74, 6) is 0. The maximum absolute atomic E-state index is 5.46. The van der Waals surface area contributed by atoms with Crippen molar-refractivity contribution in [2.45, 2.75) is 0 Å². The van der Waals surface area contributed by atoms with Gasteiger partial charge in [-0.15, -0.1) is 0 Å². The summed E-state index contributed by atoms with van der Waals surface area (Å²) in [6, 6.07) is 58.5. The average Bonchev–Trinajstić information content (AvgIpc) is 3.18. The van der Waals surface area contributed by atoms with Crippen molar-refractivity contribution in [3.05, 3.63) is 164 Å². The quantitative estimate of drug-likeness (QED) is 0.140. The van der Waals surface area contributed by atoms with Crippen LogP contribution in [0.1, 0.15) is 0 Å². The fraction of sp³-hybridized carbons (Fsp3) is 0. The van der Waals surface area contributed by atoms with Gasteiger partial charge in [0, 0.05) is 32.7 Å². The Balaban J connectivity index is 1.29. The molecule has 0 N–H and O–H groups in total. The molecule has 0 amide bonds. The molecule has 11 rings (SSSR count). The van der Waals surface area contributed by atoms with Gasteiger partial charge >= 0.3 is 0 Å². The summed E-state index contributed by atoms with van der Waals surface area (Å²) in [6.45, 7) is 0. The zero-order valence-corrected chi connectivity index (χ0v) is 26.9. The Bertz CT molecular complexity index is 2890. The summed E-state index contributed by atoms with van der Waals surface area (Å²) in [7, 11) is 0. The van der Waals surface area contributed by atoms with Gasteiger partial charge in [0.1, 0.15) is 0 Å². The monoisotopic (exact) mass is 633 g/mol. The van der Waals surface area contributed by atoms with Crippen molar-refractivity contribution in [1.29, 1.82) is 0 Å². The van der Waals surface area contributed by atoms with Gasteiger partial charge in [-0.3, -0.25) is 0 Å². The second-order valence-corrected chi connectivity index (χ2v) is 13.1. The molecule has 3 aromatic heterocycles. The third-order valence-electron chi connectivity index (χ3n) is 10.4. The molecule has 8 aromatic carbocycles. The molecule has 230 valence electrons. The SMILES string of the molecule is c1ccc2c(-c3nc4nc5nc(-c6c7ccccc7cc7ccccc67)c6ccccc6c5cc4c4ccccc34)c3ccccc3cc2c1. The van der Waals surface area contributed by atoms with Crippen molar-refractivity contribution in [2.24, 2.45) is 0 Å². The molecule has 3 heteroatoms. The molecule has 0 fully saturated rings. The van der Waals surface area contributed by atoms with E-state index in [0.29, 0.717) is 11.3 Å². The summed E-state index contributed by atoms with van der Waals surface area (Å²) < 4.78 is 0. The normalized spacial score (nSPS) is 12.0. The fourth-order valence-electron chi connectivity index (χ4n) is 8.16. The minimum Gasteiger partial charge on any atom is -0.227 e. The number of aromatic nitrogens is 3. The maximum atomic E-state index is 5.46. The van der Waals surface area contributed by atoms with Crippen molar-refractivity contribution in [3.8, 4) is 22.5 Å². The van der Waals surface area contributed by atoms with E-state index >= 15 is 0 Å². The lowest BCUT2D eigenvalue weighted by Gasteiger charge is -2.17. The van der Waals surface area contributed by atoms with E-state index in [2.05, 4.69) is 164 Å². The van der Waals surface area contributed by atoms with Crippen LogP contribution in [0.15, 0.2) is 164 Å². The smallest absolute Gasteiger partial charge is 0.162 e. The minimum atomic E-state index is 0.694. The van der Waals surface area contributed by atoms with Crippen LogP contribution in [0.25, 0.3) is 109 Å². The van der Waals surface area contributed by atoms with Crippen LogP contribution < -0.4 is 0 Å². The van der Waals surface area contributed by atoms with E-state index in [4.69, 9.17) is 15.0 Å². The number of benzene rings is 8. The summed E-state index contributed by atoms with van der Waals surface area (Å²) in [4.78, 5) is 16.3. The van der Waals surface area contributed by atoms with Crippen LogP contribution in [-0.2, 0) is 0 Å². The maximum Gasteiger partial charge on any atom is 0.162 e. The number of hydrogen-bond acceptors (Lipinski definition) is 3. The number of hydrogen-bond donors (Lipinski definition) is 0. The highest BCUT2D eigenvalue weighted by molar-refractivity contribution is 6.23. The molecule has 0 aliphatic rings. The second kappa shape index (κ2) is 10.4. The van der Waals surface area contributed by atoms with Gasteiger partial charge in [-0.05, 0) is 72.1 Å². The molecule has 0 atom stereocenters. The summed E-state index contributed by atoms with van der Waals surface area (Å²) in [5, 5.41) is 16.0. The topological polar surface area (TPSA) is 38.7 Å². The highest BCUT2D eigenvalue weighted by Crippen LogP contribution is 2.43. The van der Waals surface area contributed by atoms with Crippen LogP contribution in [0, 0.1) is 0 Å². The Labute approximate surface area is 287 Å². The van der Waals surface area contributed by atoms with Crippen molar-refractivity contribution in [2.75, 3.05) is 0 Å². The van der Waals surface area contributed by atoms with E-state index < -0.39 is 0 Å². The van der Waals surface area contributed by atoms with E-state index in [9.17, 15) is 0 Å². The molecule has 0 radical (unpaired) electrons. The molecule has 0 unspecified atom stereocenters. The number of pyridine rings is 3. The van der Waals surface area contributed by atoms with Crippen LogP contribution in [0.3, 0.4) is 0 Å². The second-order valence-electron chi connectivity index (χ2n) is 13.1. The average molecular weight is 634 g/mol. The molecule has 11 aromatic rings. The van der Waals surface area contributed by atoms with Crippen LogP contribution in [-0.4, -0.2) is 15.0 Å².